The second-order valence-electron chi connectivity index (χ2n) is 3.94. The Bertz CT molecular complexity index is 451. The fourth-order valence-electron chi connectivity index (χ4n) is 1.50. The molecule has 0 aliphatic carbocycles. The highest BCUT2D eigenvalue weighted by Gasteiger charge is 2.17. The highest BCUT2D eigenvalue weighted by Crippen LogP contribution is 2.17. The predicted molar refractivity (Wildman–Crippen MR) is 63.8 cm³/mol. The third kappa shape index (κ3) is 3.56. The molecule has 0 heterocycles. The Morgan fingerprint density at radius 1 is 1.59 bits per heavy atom. The summed E-state index contributed by atoms with van der Waals surface area (Å²) in [5.74, 6) is -1.66. The Morgan fingerprint density at radius 2 is 2.29 bits per heavy atom. The van der Waals surface area contributed by atoms with Gasteiger partial charge in [-0.15, -0.1) is 0 Å². The van der Waals surface area contributed by atoms with Crippen molar-refractivity contribution in [2.75, 3.05) is 5.32 Å². The van der Waals surface area contributed by atoms with Crippen molar-refractivity contribution in [3.63, 3.8) is 0 Å². The maximum absolute atomic E-state index is 13.4. The van der Waals surface area contributed by atoms with Gasteiger partial charge in [-0.2, -0.15) is 5.26 Å². The van der Waals surface area contributed by atoms with Crippen molar-refractivity contribution in [1.29, 1.82) is 5.26 Å². The molecule has 1 rings (SSSR count). The molecule has 0 saturated heterocycles. The normalized spacial score (nSPS) is 11.6. The van der Waals surface area contributed by atoms with Crippen LogP contribution in [0.3, 0.4) is 0 Å². The largest absolute Gasteiger partial charge is 0.322 e. The van der Waals surface area contributed by atoms with E-state index in [1.807, 2.05) is 19.9 Å². The molecule has 0 bridgehead atoms. The molecule has 17 heavy (non-hydrogen) atoms. The van der Waals surface area contributed by atoms with Gasteiger partial charge in [0.15, 0.2) is 0 Å². The summed E-state index contributed by atoms with van der Waals surface area (Å²) < 4.78 is 13.4. The number of hydrogen-bond donors (Lipinski definition) is 1. The Hall–Kier alpha value is -1.89. The van der Waals surface area contributed by atoms with Crippen LogP contribution in [0.15, 0.2) is 18.2 Å². The van der Waals surface area contributed by atoms with E-state index in [9.17, 15) is 9.18 Å². The van der Waals surface area contributed by atoms with E-state index in [0.29, 0.717) is 6.42 Å². The Labute approximate surface area is 100 Å². The van der Waals surface area contributed by atoms with E-state index in [-0.39, 0.29) is 5.69 Å². The number of carbonyl (C=O) groups is 1. The zero-order chi connectivity index (χ0) is 12.8. The number of rotatable bonds is 4. The first-order valence-corrected chi connectivity index (χ1v) is 5.55. The topological polar surface area (TPSA) is 52.9 Å². The van der Waals surface area contributed by atoms with Crippen molar-refractivity contribution in [1.82, 2.24) is 0 Å². The van der Waals surface area contributed by atoms with Gasteiger partial charge in [-0.05, 0) is 31.0 Å². The van der Waals surface area contributed by atoms with E-state index < -0.39 is 17.6 Å². The molecule has 1 amide bonds. The fraction of sp³-hybridized carbons (Fsp3) is 0.385. The first kappa shape index (κ1) is 13.2. The molecule has 0 aromatic heterocycles. The number of amides is 1. The van der Waals surface area contributed by atoms with Crippen LogP contribution in [0.25, 0.3) is 0 Å². The summed E-state index contributed by atoms with van der Waals surface area (Å²) >= 11 is 0. The fourth-order valence-corrected chi connectivity index (χ4v) is 1.50. The minimum Gasteiger partial charge on any atom is -0.322 e. The van der Waals surface area contributed by atoms with Gasteiger partial charge < -0.3 is 5.32 Å². The second-order valence-corrected chi connectivity index (χ2v) is 3.94. The Morgan fingerprint density at radius 3 is 2.88 bits per heavy atom. The second kappa shape index (κ2) is 6.00. The lowest BCUT2D eigenvalue weighted by atomic mass is 10.0. The van der Waals surface area contributed by atoms with Gasteiger partial charge in [0.2, 0.25) is 5.91 Å². The van der Waals surface area contributed by atoms with Crippen molar-refractivity contribution < 1.29 is 9.18 Å². The molecule has 0 aliphatic rings. The minimum atomic E-state index is -0.722. The van der Waals surface area contributed by atoms with E-state index in [4.69, 9.17) is 5.26 Å². The molecule has 1 unspecified atom stereocenters. The van der Waals surface area contributed by atoms with Gasteiger partial charge in [0.1, 0.15) is 11.7 Å². The van der Waals surface area contributed by atoms with E-state index in [0.717, 1.165) is 12.0 Å². The predicted octanol–water partition coefficient (Wildman–Crippen LogP) is 3.01. The zero-order valence-corrected chi connectivity index (χ0v) is 9.96. The standard InChI is InChI=1S/C13H15FN2O/c1-3-4-10(8-15)13(17)16-12-7-9(2)5-6-11(12)14/h5-7,10H,3-4H2,1-2H3,(H,16,17). The maximum atomic E-state index is 13.4. The van der Waals surface area contributed by atoms with Crippen LogP contribution in [-0.2, 0) is 4.79 Å². The van der Waals surface area contributed by atoms with Gasteiger partial charge in [-0.3, -0.25) is 4.79 Å². The van der Waals surface area contributed by atoms with Crippen LogP contribution in [0.5, 0.6) is 0 Å². The number of halogens is 1. The molecule has 3 nitrogen and oxygen atoms in total. The van der Waals surface area contributed by atoms with Crippen molar-refractivity contribution >= 4 is 11.6 Å². The first-order valence-electron chi connectivity index (χ1n) is 5.55. The van der Waals surface area contributed by atoms with Crippen molar-refractivity contribution in [3.8, 4) is 6.07 Å². The van der Waals surface area contributed by atoms with Crippen LogP contribution in [0, 0.1) is 30.0 Å². The molecule has 0 aliphatic heterocycles. The Balaban J connectivity index is 2.80. The van der Waals surface area contributed by atoms with Crippen LogP contribution in [0.1, 0.15) is 25.3 Å². The van der Waals surface area contributed by atoms with Gasteiger partial charge in [0, 0.05) is 0 Å². The van der Waals surface area contributed by atoms with Crippen molar-refractivity contribution in [2.24, 2.45) is 5.92 Å². The van der Waals surface area contributed by atoms with Gasteiger partial charge >= 0.3 is 0 Å². The van der Waals surface area contributed by atoms with Crippen LogP contribution < -0.4 is 5.32 Å². The first-order chi connectivity index (χ1) is 8.08. The van der Waals surface area contributed by atoms with E-state index in [2.05, 4.69) is 5.32 Å². The summed E-state index contributed by atoms with van der Waals surface area (Å²) in [5, 5.41) is 11.3. The number of anilines is 1. The average Bonchev–Trinajstić information content (AvgIpc) is 2.30. The lowest BCUT2D eigenvalue weighted by Gasteiger charge is -2.10. The monoisotopic (exact) mass is 234 g/mol. The zero-order valence-electron chi connectivity index (χ0n) is 9.96. The van der Waals surface area contributed by atoms with Gasteiger partial charge in [-0.1, -0.05) is 19.4 Å². The van der Waals surface area contributed by atoms with E-state index >= 15 is 0 Å². The summed E-state index contributed by atoms with van der Waals surface area (Å²) in [4.78, 5) is 11.7. The molecule has 0 radical (unpaired) electrons. The van der Waals surface area contributed by atoms with Gasteiger partial charge in [0.25, 0.3) is 0 Å². The summed E-state index contributed by atoms with van der Waals surface area (Å²) in [6, 6.07) is 6.39. The van der Waals surface area contributed by atoms with Crippen LogP contribution in [0.2, 0.25) is 0 Å². The summed E-state index contributed by atoms with van der Waals surface area (Å²) in [7, 11) is 0. The SMILES string of the molecule is CCCC(C#N)C(=O)Nc1cc(C)ccc1F. The summed E-state index contributed by atoms with van der Waals surface area (Å²) in [6.07, 6.45) is 1.22. The molecule has 1 aromatic rings. The number of carbonyl (C=O) groups excluding carboxylic acids is 1. The Kier molecular flexibility index (Phi) is 4.65. The molecule has 0 fully saturated rings. The third-order valence-corrected chi connectivity index (χ3v) is 2.43. The van der Waals surface area contributed by atoms with E-state index in [1.165, 1.54) is 6.07 Å². The molecule has 0 spiro atoms. The molecule has 1 atom stereocenters. The number of nitriles is 1. The average molecular weight is 234 g/mol. The quantitative estimate of drug-likeness (QED) is 0.870. The lowest BCUT2D eigenvalue weighted by Crippen LogP contribution is -2.22. The van der Waals surface area contributed by atoms with Gasteiger partial charge in [-0.25, -0.2) is 4.39 Å². The maximum Gasteiger partial charge on any atom is 0.241 e. The minimum absolute atomic E-state index is 0.131. The molecule has 1 N–H and O–H groups in total. The molecular formula is C13H15FN2O. The molecule has 1 aromatic carbocycles. The number of nitrogens with one attached hydrogen (secondary N) is 1. The number of nitrogens with zero attached hydrogens (tertiary/aromatic N) is 1. The number of aryl methyl sites for hydroxylation is 1. The number of hydrogen-bond acceptors (Lipinski definition) is 2. The van der Waals surface area contributed by atoms with E-state index in [1.54, 1.807) is 12.1 Å². The van der Waals surface area contributed by atoms with Crippen LogP contribution >= 0.6 is 0 Å². The smallest absolute Gasteiger partial charge is 0.241 e. The molecular weight excluding hydrogens is 219 g/mol. The van der Waals surface area contributed by atoms with Crippen molar-refractivity contribution in [3.05, 3.63) is 29.6 Å². The summed E-state index contributed by atoms with van der Waals surface area (Å²) in [6.45, 7) is 3.70. The third-order valence-electron chi connectivity index (χ3n) is 2.43. The van der Waals surface area contributed by atoms with Gasteiger partial charge in [0.05, 0.1) is 11.8 Å². The van der Waals surface area contributed by atoms with Crippen molar-refractivity contribution in [2.45, 2.75) is 26.7 Å². The highest BCUT2D eigenvalue weighted by molar-refractivity contribution is 5.94. The lowest BCUT2D eigenvalue weighted by molar-refractivity contribution is -0.118. The van der Waals surface area contributed by atoms with Crippen LogP contribution in [0.4, 0.5) is 10.1 Å². The summed E-state index contributed by atoms with van der Waals surface area (Å²) in [5.41, 5.74) is 0.983. The molecule has 4 heteroatoms. The highest BCUT2D eigenvalue weighted by atomic mass is 19.1. The molecule has 0 saturated carbocycles. The number of benzene rings is 1. The van der Waals surface area contributed by atoms with Crippen LogP contribution in [-0.4, -0.2) is 5.91 Å². The molecule has 90 valence electrons.